The van der Waals surface area contributed by atoms with Crippen LogP contribution in [0.25, 0.3) is 0 Å². The quantitative estimate of drug-likeness (QED) is 0.620. The van der Waals surface area contributed by atoms with Gasteiger partial charge in [-0.3, -0.25) is 34.7 Å². The molecule has 2 aliphatic heterocycles. The molecule has 2 N–H and O–H groups in total. The summed E-state index contributed by atoms with van der Waals surface area (Å²) in [5, 5.41) is 9.44. The van der Waals surface area contributed by atoms with Crippen LogP contribution in [0.3, 0.4) is 0 Å². The minimum Gasteiger partial charge on any atom is -0.295 e. The van der Waals surface area contributed by atoms with E-state index in [4.69, 9.17) is 0 Å². The van der Waals surface area contributed by atoms with Crippen molar-refractivity contribution in [2.75, 3.05) is 17.2 Å². The Hall–Kier alpha value is -4.34. The van der Waals surface area contributed by atoms with Crippen molar-refractivity contribution in [3.8, 4) is 0 Å². The number of hydrogen-bond acceptors (Lipinski definition) is 6. The Morgan fingerprint density at radius 1 is 1.00 bits per heavy atom. The van der Waals surface area contributed by atoms with Crippen molar-refractivity contribution in [2.45, 2.75) is 12.5 Å². The molecule has 0 saturated heterocycles. The lowest BCUT2D eigenvalue weighted by atomic mass is 10.0. The van der Waals surface area contributed by atoms with Crippen molar-refractivity contribution in [3.05, 3.63) is 71.3 Å². The summed E-state index contributed by atoms with van der Waals surface area (Å²) in [5.41, 5.74) is 1.42. The number of carbonyl (C=O) groups excluding carboxylic acids is 4. The molecule has 3 heterocycles. The standard InChI is InChI=1S/C21H16N6O4/c28-16-10-15(12-6-2-1-3-7-12)27-21(23-16)24-20(25-27)22-17(29)11-26-18(30)13-8-4-5-9-14(13)19(26)31/h1-9,15H,10-11H2,(H2,22,23,24,25,28,29). The Morgan fingerprint density at radius 3 is 2.32 bits per heavy atom. The molecular formula is C21H16N6O4. The van der Waals surface area contributed by atoms with Crippen LogP contribution in [0.2, 0.25) is 0 Å². The number of anilines is 2. The van der Waals surface area contributed by atoms with Gasteiger partial charge in [-0.2, -0.15) is 4.98 Å². The second-order valence-corrected chi connectivity index (χ2v) is 7.17. The first-order valence-corrected chi connectivity index (χ1v) is 9.57. The van der Waals surface area contributed by atoms with E-state index in [0.29, 0.717) is 0 Å². The summed E-state index contributed by atoms with van der Waals surface area (Å²) < 4.78 is 1.54. The number of nitrogens with zero attached hydrogens (tertiary/aromatic N) is 4. The van der Waals surface area contributed by atoms with Crippen LogP contribution in [0.1, 0.15) is 38.7 Å². The zero-order valence-electron chi connectivity index (χ0n) is 16.1. The van der Waals surface area contributed by atoms with Gasteiger partial charge >= 0.3 is 0 Å². The predicted molar refractivity (Wildman–Crippen MR) is 108 cm³/mol. The predicted octanol–water partition coefficient (Wildman–Crippen LogP) is 1.44. The third-order valence-electron chi connectivity index (χ3n) is 5.17. The van der Waals surface area contributed by atoms with Crippen LogP contribution in [0.5, 0.6) is 0 Å². The van der Waals surface area contributed by atoms with Crippen LogP contribution < -0.4 is 10.6 Å². The Morgan fingerprint density at radius 2 is 1.65 bits per heavy atom. The van der Waals surface area contributed by atoms with Crippen LogP contribution in [0.4, 0.5) is 11.9 Å². The van der Waals surface area contributed by atoms with E-state index >= 15 is 0 Å². The number of amides is 4. The number of nitrogens with one attached hydrogen (secondary N) is 2. The molecule has 10 heteroatoms. The van der Waals surface area contributed by atoms with E-state index in [1.807, 2.05) is 30.3 Å². The van der Waals surface area contributed by atoms with Crippen molar-refractivity contribution in [1.82, 2.24) is 19.7 Å². The minimum atomic E-state index is -0.625. The topological polar surface area (TPSA) is 126 Å². The number of hydrogen-bond donors (Lipinski definition) is 2. The van der Waals surface area contributed by atoms with Crippen molar-refractivity contribution < 1.29 is 19.2 Å². The van der Waals surface area contributed by atoms with E-state index in [9.17, 15) is 19.2 Å². The number of rotatable bonds is 4. The molecule has 31 heavy (non-hydrogen) atoms. The molecule has 1 aromatic heterocycles. The fraction of sp³-hybridized carbons (Fsp3) is 0.143. The molecule has 1 unspecified atom stereocenters. The third-order valence-corrected chi connectivity index (χ3v) is 5.17. The first kappa shape index (κ1) is 18.7. The Labute approximate surface area is 175 Å². The van der Waals surface area contributed by atoms with Crippen molar-refractivity contribution in [3.63, 3.8) is 0 Å². The lowest BCUT2D eigenvalue weighted by Crippen LogP contribution is -2.37. The van der Waals surface area contributed by atoms with Gasteiger partial charge in [0.25, 0.3) is 17.8 Å². The van der Waals surface area contributed by atoms with E-state index in [-0.39, 0.29) is 41.4 Å². The van der Waals surface area contributed by atoms with Crippen LogP contribution >= 0.6 is 0 Å². The van der Waals surface area contributed by atoms with Gasteiger partial charge < -0.3 is 0 Å². The lowest BCUT2D eigenvalue weighted by Gasteiger charge is -2.23. The maximum Gasteiger partial charge on any atom is 0.262 e. The normalized spacial score (nSPS) is 17.2. The maximum atomic E-state index is 12.5. The second kappa shape index (κ2) is 7.17. The molecule has 10 nitrogen and oxygen atoms in total. The van der Waals surface area contributed by atoms with E-state index < -0.39 is 24.3 Å². The molecule has 1 atom stereocenters. The highest BCUT2D eigenvalue weighted by molar-refractivity contribution is 6.22. The van der Waals surface area contributed by atoms with Gasteiger partial charge in [0.1, 0.15) is 6.54 Å². The smallest absolute Gasteiger partial charge is 0.262 e. The number of benzene rings is 2. The monoisotopic (exact) mass is 416 g/mol. The van der Waals surface area contributed by atoms with E-state index in [1.54, 1.807) is 24.3 Å². The number of carbonyl (C=O) groups is 4. The molecule has 3 aromatic rings. The average molecular weight is 416 g/mol. The lowest BCUT2D eigenvalue weighted by molar-refractivity contribution is -0.117. The summed E-state index contributed by atoms with van der Waals surface area (Å²) in [4.78, 5) is 54.5. The maximum absolute atomic E-state index is 12.5. The van der Waals surface area contributed by atoms with Gasteiger partial charge in [0.05, 0.1) is 23.6 Å². The summed E-state index contributed by atoms with van der Waals surface area (Å²) in [6.45, 7) is -0.468. The zero-order chi connectivity index (χ0) is 21.5. The molecule has 0 spiro atoms. The van der Waals surface area contributed by atoms with Crippen molar-refractivity contribution in [1.29, 1.82) is 0 Å². The molecule has 0 bridgehead atoms. The van der Waals surface area contributed by atoms with Crippen molar-refractivity contribution in [2.24, 2.45) is 0 Å². The molecule has 2 aliphatic rings. The SMILES string of the molecule is O=C(CN1C(=O)c2ccccc2C1=O)Nc1nc2n(n1)C(c1ccccc1)CC(=O)N2. The Balaban J connectivity index is 1.34. The van der Waals surface area contributed by atoms with Gasteiger partial charge in [-0.15, -0.1) is 5.10 Å². The molecule has 2 aromatic carbocycles. The van der Waals surface area contributed by atoms with Crippen LogP contribution in [0.15, 0.2) is 54.6 Å². The van der Waals surface area contributed by atoms with Crippen LogP contribution in [-0.4, -0.2) is 49.8 Å². The Kier molecular flexibility index (Phi) is 4.32. The van der Waals surface area contributed by atoms with Gasteiger partial charge in [0, 0.05) is 0 Å². The fourth-order valence-electron chi connectivity index (χ4n) is 3.74. The van der Waals surface area contributed by atoms with Crippen LogP contribution in [-0.2, 0) is 9.59 Å². The van der Waals surface area contributed by atoms with Gasteiger partial charge in [-0.05, 0) is 17.7 Å². The first-order chi connectivity index (χ1) is 15.0. The first-order valence-electron chi connectivity index (χ1n) is 9.57. The molecule has 0 fully saturated rings. The second-order valence-electron chi connectivity index (χ2n) is 7.17. The van der Waals surface area contributed by atoms with Crippen molar-refractivity contribution >= 4 is 35.5 Å². The summed E-state index contributed by atoms with van der Waals surface area (Å²) in [6, 6.07) is 15.4. The molecule has 0 radical (unpaired) electrons. The molecular weight excluding hydrogens is 400 g/mol. The summed E-state index contributed by atoms with van der Waals surface area (Å²) >= 11 is 0. The van der Waals surface area contributed by atoms with Gasteiger partial charge in [-0.1, -0.05) is 42.5 Å². The molecule has 154 valence electrons. The highest BCUT2D eigenvalue weighted by Gasteiger charge is 2.36. The molecule has 0 saturated carbocycles. The largest absolute Gasteiger partial charge is 0.295 e. The number of imide groups is 1. The number of fused-ring (bicyclic) bond motifs is 2. The van der Waals surface area contributed by atoms with Gasteiger partial charge in [0.2, 0.25) is 17.8 Å². The third kappa shape index (κ3) is 3.23. The molecule has 0 aliphatic carbocycles. The highest BCUT2D eigenvalue weighted by Crippen LogP contribution is 2.29. The molecule has 4 amide bonds. The highest BCUT2D eigenvalue weighted by atomic mass is 16.2. The number of aromatic nitrogens is 3. The minimum absolute atomic E-state index is 0.0280. The van der Waals surface area contributed by atoms with Crippen LogP contribution in [0, 0.1) is 0 Å². The summed E-state index contributed by atoms with van der Waals surface area (Å²) in [6.07, 6.45) is 0.183. The summed E-state index contributed by atoms with van der Waals surface area (Å²) in [7, 11) is 0. The molecule has 5 rings (SSSR count). The van der Waals surface area contributed by atoms with Gasteiger partial charge in [0.15, 0.2) is 0 Å². The van der Waals surface area contributed by atoms with Gasteiger partial charge in [-0.25, -0.2) is 4.68 Å². The average Bonchev–Trinajstić information content (AvgIpc) is 3.27. The van der Waals surface area contributed by atoms with E-state index in [2.05, 4.69) is 20.7 Å². The summed E-state index contributed by atoms with van der Waals surface area (Å²) in [5.74, 6) is -1.70. The zero-order valence-corrected chi connectivity index (χ0v) is 16.1. The fourth-order valence-corrected chi connectivity index (χ4v) is 3.74. The van der Waals surface area contributed by atoms with E-state index in [1.165, 1.54) is 4.68 Å². The van der Waals surface area contributed by atoms with E-state index in [0.717, 1.165) is 10.5 Å². The Bertz CT molecular complexity index is 1200.